The van der Waals surface area contributed by atoms with E-state index in [2.05, 4.69) is 32.9 Å². The first-order valence-corrected chi connectivity index (χ1v) is 7.13. The van der Waals surface area contributed by atoms with E-state index in [0.717, 1.165) is 9.26 Å². The average molecular weight is 383 g/mol. The predicted octanol–water partition coefficient (Wildman–Crippen LogP) is 3.19. The number of hydrogen-bond acceptors (Lipinski definition) is 5. The van der Waals surface area contributed by atoms with Gasteiger partial charge in [0.2, 0.25) is 0 Å². The number of nitrogens with one attached hydrogen (secondary N) is 1. The minimum absolute atomic E-state index is 0.302. The topological polar surface area (TPSA) is 77.2 Å². The number of aromatic nitrogens is 1. The minimum atomic E-state index is -0.446. The van der Waals surface area contributed by atoms with Gasteiger partial charge in [-0.05, 0) is 53.8 Å². The first kappa shape index (κ1) is 14.6. The third-order valence-corrected chi connectivity index (χ3v) is 3.20. The number of rotatable bonds is 4. The van der Waals surface area contributed by atoms with Crippen molar-refractivity contribution in [3.63, 3.8) is 0 Å². The summed E-state index contributed by atoms with van der Waals surface area (Å²) in [6.07, 6.45) is 1.45. The Bertz CT molecular complexity index is 632. The maximum atomic E-state index is 11.8. The van der Waals surface area contributed by atoms with Crippen molar-refractivity contribution >= 4 is 45.8 Å². The quantitative estimate of drug-likeness (QED) is 0.627. The lowest BCUT2D eigenvalue weighted by atomic mass is 10.2. The third kappa shape index (κ3) is 3.60. The summed E-state index contributed by atoms with van der Waals surface area (Å²) in [6.45, 7) is 2.06. The number of nitrogens with zero attached hydrogens (tertiary/aromatic N) is 1. The van der Waals surface area contributed by atoms with E-state index in [9.17, 15) is 4.79 Å². The van der Waals surface area contributed by atoms with Gasteiger partial charge in [-0.15, -0.1) is 0 Å². The maximum absolute atomic E-state index is 11.8. The minimum Gasteiger partial charge on any atom is -0.462 e. The van der Waals surface area contributed by atoms with Crippen LogP contribution in [-0.2, 0) is 4.74 Å². The highest BCUT2D eigenvalue weighted by atomic mass is 127. The Kier molecular flexibility index (Phi) is 4.78. The Morgan fingerprint density at radius 1 is 1.45 bits per heavy atom. The van der Waals surface area contributed by atoms with Gasteiger partial charge in [-0.25, -0.2) is 9.78 Å². The Morgan fingerprint density at radius 3 is 2.95 bits per heavy atom. The molecule has 0 aliphatic rings. The second kappa shape index (κ2) is 6.56. The second-order valence-electron chi connectivity index (χ2n) is 4.01. The van der Waals surface area contributed by atoms with Gasteiger partial charge in [0.15, 0.2) is 0 Å². The number of carbonyl (C=O) groups is 1. The van der Waals surface area contributed by atoms with E-state index in [1.807, 2.05) is 24.3 Å². The summed E-state index contributed by atoms with van der Waals surface area (Å²) in [5.41, 5.74) is 7.26. The molecule has 6 heteroatoms. The van der Waals surface area contributed by atoms with Crippen molar-refractivity contribution in [1.82, 2.24) is 4.98 Å². The van der Waals surface area contributed by atoms with Crippen LogP contribution >= 0.6 is 22.6 Å². The lowest BCUT2D eigenvalue weighted by molar-refractivity contribution is 0.0527. The Morgan fingerprint density at radius 2 is 2.25 bits per heavy atom. The van der Waals surface area contributed by atoms with Crippen LogP contribution in [0, 0.1) is 3.57 Å². The van der Waals surface area contributed by atoms with Crippen LogP contribution in [0.3, 0.4) is 0 Å². The molecule has 1 heterocycles. The number of hydrogen-bond donors (Lipinski definition) is 2. The zero-order valence-corrected chi connectivity index (χ0v) is 13.0. The maximum Gasteiger partial charge on any atom is 0.340 e. The van der Waals surface area contributed by atoms with Gasteiger partial charge >= 0.3 is 5.97 Å². The van der Waals surface area contributed by atoms with E-state index in [0.29, 0.717) is 23.7 Å². The molecular weight excluding hydrogens is 369 g/mol. The molecule has 0 atom stereocenters. The molecule has 20 heavy (non-hydrogen) atoms. The number of esters is 1. The molecule has 2 aromatic rings. The van der Waals surface area contributed by atoms with Crippen molar-refractivity contribution in [2.24, 2.45) is 0 Å². The Hall–Kier alpha value is -1.83. The molecule has 3 N–H and O–H groups in total. The number of halogens is 1. The Labute approximate surface area is 130 Å². The molecule has 0 spiro atoms. The first-order valence-electron chi connectivity index (χ1n) is 6.05. The highest BCUT2D eigenvalue weighted by Gasteiger charge is 2.12. The van der Waals surface area contributed by atoms with Crippen LogP contribution in [0.1, 0.15) is 17.3 Å². The monoisotopic (exact) mass is 383 g/mol. The van der Waals surface area contributed by atoms with Crippen molar-refractivity contribution in [2.75, 3.05) is 17.7 Å². The highest BCUT2D eigenvalue weighted by molar-refractivity contribution is 14.1. The Balaban J connectivity index is 2.25. The SMILES string of the molecule is CCOC(=O)c1cc(Nc2cccc(I)c2)ncc1N. The number of pyridine rings is 1. The number of benzene rings is 1. The molecule has 0 aliphatic heterocycles. The largest absolute Gasteiger partial charge is 0.462 e. The fraction of sp³-hybridized carbons (Fsp3) is 0.143. The molecule has 1 aromatic heterocycles. The normalized spacial score (nSPS) is 10.1. The lowest BCUT2D eigenvalue weighted by Gasteiger charge is -2.09. The summed E-state index contributed by atoms with van der Waals surface area (Å²) in [5, 5.41) is 3.13. The van der Waals surface area contributed by atoms with Crippen LogP contribution < -0.4 is 11.1 Å². The molecule has 0 unspecified atom stereocenters. The molecule has 0 amide bonds. The molecule has 2 rings (SSSR count). The first-order chi connectivity index (χ1) is 9.60. The molecular formula is C14H14IN3O2. The number of ether oxygens (including phenoxy) is 1. The van der Waals surface area contributed by atoms with E-state index in [1.165, 1.54) is 6.20 Å². The summed E-state index contributed by atoms with van der Waals surface area (Å²) in [7, 11) is 0. The smallest absolute Gasteiger partial charge is 0.340 e. The van der Waals surface area contributed by atoms with Crippen LogP contribution in [0.25, 0.3) is 0 Å². The summed E-state index contributed by atoms with van der Waals surface area (Å²) < 4.78 is 6.06. The molecule has 0 saturated heterocycles. The molecule has 0 bridgehead atoms. The number of nitrogen functional groups attached to an aromatic ring is 1. The van der Waals surface area contributed by atoms with Gasteiger partial charge in [0, 0.05) is 9.26 Å². The van der Waals surface area contributed by atoms with Gasteiger partial charge in [-0.3, -0.25) is 0 Å². The number of nitrogens with two attached hydrogens (primary N) is 1. The predicted molar refractivity (Wildman–Crippen MR) is 87.0 cm³/mol. The molecule has 1 aromatic carbocycles. The van der Waals surface area contributed by atoms with Crippen LogP contribution in [0.4, 0.5) is 17.2 Å². The van der Waals surface area contributed by atoms with Gasteiger partial charge in [-0.1, -0.05) is 6.07 Å². The van der Waals surface area contributed by atoms with E-state index in [4.69, 9.17) is 10.5 Å². The van der Waals surface area contributed by atoms with Crippen molar-refractivity contribution in [3.8, 4) is 0 Å². The molecule has 0 saturated carbocycles. The standard InChI is InChI=1S/C14H14IN3O2/c1-2-20-14(19)11-7-13(17-8-12(11)16)18-10-5-3-4-9(15)6-10/h3-8H,2,16H2,1H3,(H,17,18). The summed E-state index contributed by atoms with van der Waals surface area (Å²) in [6, 6.07) is 9.42. The van der Waals surface area contributed by atoms with E-state index in [1.54, 1.807) is 13.0 Å². The average Bonchev–Trinajstić information content (AvgIpc) is 2.41. The van der Waals surface area contributed by atoms with E-state index < -0.39 is 5.97 Å². The summed E-state index contributed by atoms with van der Waals surface area (Å²) in [5.74, 6) is 0.0994. The summed E-state index contributed by atoms with van der Waals surface area (Å²) in [4.78, 5) is 15.9. The summed E-state index contributed by atoms with van der Waals surface area (Å²) >= 11 is 2.23. The zero-order valence-electron chi connectivity index (χ0n) is 10.9. The van der Waals surface area contributed by atoms with Crippen LogP contribution in [0.2, 0.25) is 0 Å². The van der Waals surface area contributed by atoms with Gasteiger partial charge < -0.3 is 15.8 Å². The fourth-order valence-corrected chi connectivity index (χ4v) is 2.18. The van der Waals surface area contributed by atoms with Crippen molar-refractivity contribution in [1.29, 1.82) is 0 Å². The number of anilines is 3. The van der Waals surface area contributed by atoms with Crippen LogP contribution in [-0.4, -0.2) is 17.6 Å². The van der Waals surface area contributed by atoms with Crippen molar-refractivity contribution < 1.29 is 9.53 Å². The molecule has 5 nitrogen and oxygen atoms in total. The molecule has 0 radical (unpaired) electrons. The van der Waals surface area contributed by atoms with E-state index >= 15 is 0 Å². The zero-order chi connectivity index (χ0) is 14.5. The molecule has 0 fully saturated rings. The van der Waals surface area contributed by atoms with Crippen molar-refractivity contribution in [3.05, 3.63) is 45.7 Å². The van der Waals surface area contributed by atoms with Crippen molar-refractivity contribution in [2.45, 2.75) is 6.92 Å². The lowest BCUT2D eigenvalue weighted by Crippen LogP contribution is -2.09. The van der Waals surface area contributed by atoms with Gasteiger partial charge in [0.1, 0.15) is 5.82 Å². The van der Waals surface area contributed by atoms with Gasteiger partial charge in [-0.2, -0.15) is 0 Å². The van der Waals surface area contributed by atoms with Crippen LogP contribution in [0.5, 0.6) is 0 Å². The van der Waals surface area contributed by atoms with E-state index in [-0.39, 0.29) is 0 Å². The van der Waals surface area contributed by atoms with Gasteiger partial charge in [0.05, 0.1) is 24.1 Å². The fourth-order valence-electron chi connectivity index (χ4n) is 1.63. The molecule has 0 aliphatic carbocycles. The molecule has 104 valence electrons. The third-order valence-electron chi connectivity index (χ3n) is 2.53. The van der Waals surface area contributed by atoms with Crippen LogP contribution in [0.15, 0.2) is 36.5 Å². The second-order valence-corrected chi connectivity index (χ2v) is 5.26. The highest BCUT2D eigenvalue weighted by Crippen LogP contribution is 2.21. The van der Waals surface area contributed by atoms with Gasteiger partial charge in [0.25, 0.3) is 0 Å². The number of carbonyl (C=O) groups excluding carboxylic acids is 1.